The van der Waals surface area contributed by atoms with Crippen molar-refractivity contribution in [1.29, 1.82) is 0 Å². The first-order chi connectivity index (χ1) is 6.36. The van der Waals surface area contributed by atoms with E-state index in [4.69, 9.17) is 4.74 Å². The fourth-order valence-electron chi connectivity index (χ4n) is 1.66. The third kappa shape index (κ3) is 2.71. The Bertz CT molecular complexity index is 265. The minimum absolute atomic E-state index is 0. The zero-order valence-corrected chi connectivity index (χ0v) is 9.09. The van der Waals surface area contributed by atoms with E-state index in [1.807, 2.05) is 6.07 Å². The molecule has 0 saturated carbocycles. The van der Waals surface area contributed by atoms with Crippen molar-refractivity contribution in [1.82, 2.24) is 5.32 Å². The lowest BCUT2D eigenvalue weighted by atomic mass is 10.1. The molecule has 2 atom stereocenters. The second-order valence-electron chi connectivity index (χ2n) is 3.50. The van der Waals surface area contributed by atoms with Crippen molar-refractivity contribution in [3.05, 3.63) is 35.9 Å². The van der Waals surface area contributed by atoms with Crippen LogP contribution in [0.2, 0.25) is 0 Å². The number of benzene rings is 1. The van der Waals surface area contributed by atoms with E-state index < -0.39 is 0 Å². The SMILES string of the molecule is CC1CNCC(c2ccccc2)O1.Cl. The maximum absolute atomic E-state index is 5.81. The predicted molar refractivity (Wildman–Crippen MR) is 59.8 cm³/mol. The Kier molecular flexibility index (Phi) is 4.39. The quantitative estimate of drug-likeness (QED) is 0.772. The standard InChI is InChI=1S/C11H15NO.ClH/c1-9-7-12-8-11(13-9)10-5-3-2-4-6-10;/h2-6,9,11-12H,7-8H2,1H3;1H. The highest BCUT2D eigenvalue weighted by atomic mass is 35.5. The molecule has 0 spiro atoms. The van der Waals surface area contributed by atoms with E-state index in [2.05, 4.69) is 36.5 Å². The lowest BCUT2D eigenvalue weighted by molar-refractivity contribution is -0.0287. The number of ether oxygens (including phenoxy) is 1. The van der Waals surface area contributed by atoms with Gasteiger partial charge in [0.1, 0.15) is 0 Å². The summed E-state index contributed by atoms with van der Waals surface area (Å²) in [4.78, 5) is 0. The van der Waals surface area contributed by atoms with Gasteiger partial charge in [0.25, 0.3) is 0 Å². The number of rotatable bonds is 1. The predicted octanol–water partition coefficient (Wildman–Crippen LogP) is 2.16. The fraction of sp³-hybridized carbons (Fsp3) is 0.455. The van der Waals surface area contributed by atoms with Gasteiger partial charge in [0.05, 0.1) is 12.2 Å². The Morgan fingerprint density at radius 3 is 2.57 bits per heavy atom. The summed E-state index contributed by atoms with van der Waals surface area (Å²) in [5, 5.41) is 3.36. The number of morpholine rings is 1. The summed E-state index contributed by atoms with van der Waals surface area (Å²) in [6.07, 6.45) is 0.545. The molecule has 1 aliphatic rings. The fourth-order valence-corrected chi connectivity index (χ4v) is 1.66. The summed E-state index contributed by atoms with van der Waals surface area (Å²) in [6.45, 7) is 3.99. The zero-order chi connectivity index (χ0) is 9.10. The molecule has 1 aromatic rings. The van der Waals surface area contributed by atoms with Gasteiger partial charge in [0.15, 0.2) is 0 Å². The van der Waals surface area contributed by atoms with E-state index >= 15 is 0 Å². The smallest absolute Gasteiger partial charge is 0.0953 e. The molecule has 1 N–H and O–H groups in total. The highest BCUT2D eigenvalue weighted by molar-refractivity contribution is 5.85. The van der Waals surface area contributed by atoms with Gasteiger partial charge < -0.3 is 10.1 Å². The van der Waals surface area contributed by atoms with Crippen LogP contribution in [0.25, 0.3) is 0 Å². The van der Waals surface area contributed by atoms with Crippen molar-refractivity contribution in [2.75, 3.05) is 13.1 Å². The largest absolute Gasteiger partial charge is 0.368 e. The van der Waals surface area contributed by atoms with Gasteiger partial charge in [-0.2, -0.15) is 0 Å². The van der Waals surface area contributed by atoms with Gasteiger partial charge in [-0.15, -0.1) is 12.4 Å². The molecule has 0 bridgehead atoms. The van der Waals surface area contributed by atoms with Gasteiger partial charge >= 0.3 is 0 Å². The second kappa shape index (κ2) is 5.35. The van der Waals surface area contributed by atoms with Crippen LogP contribution in [-0.4, -0.2) is 19.2 Å². The number of hydrogen-bond acceptors (Lipinski definition) is 2. The van der Waals surface area contributed by atoms with Crippen molar-refractivity contribution in [3.63, 3.8) is 0 Å². The third-order valence-corrected chi connectivity index (χ3v) is 2.33. The van der Waals surface area contributed by atoms with E-state index in [0.717, 1.165) is 13.1 Å². The molecule has 1 heterocycles. The van der Waals surface area contributed by atoms with Crippen molar-refractivity contribution >= 4 is 12.4 Å². The number of halogens is 1. The highest BCUT2D eigenvalue weighted by Gasteiger charge is 2.19. The van der Waals surface area contributed by atoms with E-state index in [0.29, 0.717) is 6.10 Å². The van der Waals surface area contributed by atoms with Gasteiger partial charge in [-0.05, 0) is 12.5 Å². The molecule has 0 amide bonds. The number of nitrogens with one attached hydrogen (secondary N) is 1. The van der Waals surface area contributed by atoms with E-state index in [9.17, 15) is 0 Å². The highest BCUT2D eigenvalue weighted by Crippen LogP contribution is 2.20. The summed E-state index contributed by atoms with van der Waals surface area (Å²) >= 11 is 0. The lowest BCUT2D eigenvalue weighted by Gasteiger charge is -2.28. The minimum atomic E-state index is 0. The summed E-state index contributed by atoms with van der Waals surface area (Å²) in [5.41, 5.74) is 1.27. The lowest BCUT2D eigenvalue weighted by Crippen LogP contribution is -2.38. The molecule has 3 heteroatoms. The van der Waals surface area contributed by atoms with E-state index in [-0.39, 0.29) is 18.5 Å². The summed E-state index contributed by atoms with van der Waals surface area (Å²) in [6, 6.07) is 10.4. The van der Waals surface area contributed by atoms with E-state index in [1.165, 1.54) is 5.56 Å². The van der Waals surface area contributed by atoms with Crippen molar-refractivity contribution < 1.29 is 4.74 Å². The summed E-state index contributed by atoms with van der Waals surface area (Å²) in [5.74, 6) is 0. The first-order valence-electron chi connectivity index (χ1n) is 4.77. The molecule has 2 rings (SSSR count). The Hall–Kier alpha value is -0.570. The van der Waals surface area contributed by atoms with Gasteiger partial charge in [-0.3, -0.25) is 0 Å². The Balaban J connectivity index is 0.000000980. The molecule has 1 saturated heterocycles. The van der Waals surface area contributed by atoms with Crippen LogP contribution in [0.4, 0.5) is 0 Å². The van der Waals surface area contributed by atoms with Crippen LogP contribution in [0.5, 0.6) is 0 Å². The van der Waals surface area contributed by atoms with Crippen LogP contribution in [0.1, 0.15) is 18.6 Å². The average Bonchev–Trinajstić information content (AvgIpc) is 2.19. The molecule has 1 aromatic carbocycles. The normalized spacial score (nSPS) is 26.6. The number of hydrogen-bond donors (Lipinski definition) is 1. The Morgan fingerprint density at radius 2 is 1.93 bits per heavy atom. The van der Waals surface area contributed by atoms with Gasteiger partial charge in [0.2, 0.25) is 0 Å². The minimum Gasteiger partial charge on any atom is -0.368 e. The molecule has 0 aliphatic carbocycles. The monoisotopic (exact) mass is 213 g/mol. The van der Waals surface area contributed by atoms with Crippen LogP contribution in [0.15, 0.2) is 30.3 Å². The van der Waals surface area contributed by atoms with Gasteiger partial charge in [-0.1, -0.05) is 30.3 Å². The molecule has 0 radical (unpaired) electrons. The second-order valence-corrected chi connectivity index (χ2v) is 3.50. The van der Waals surface area contributed by atoms with E-state index in [1.54, 1.807) is 0 Å². The first kappa shape index (κ1) is 11.5. The van der Waals surface area contributed by atoms with Crippen LogP contribution >= 0.6 is 12.4 Å². The first-order valence-corrected chi connectivity index (χ1v) is 4.77. The van der Waals surface area contributed by atoms with Crippen LogP contribution < -0.4 is 5.32 Å². The molecule has 1 fully saturated rings. The molecular formula is C11H16ClNO. The van der Waals surface area contributed by atoms with Crippen LogP contribution in [0, 0.1) is 0 Å². The maximum Gasteiger partial charge on any atom is 0.0953 e. The Morgan fingerprint density at radius 1 is 1.21 bits per heavy atom. The van der Waals surface area contributed by atoms with Gasteiger partial charge in [-0.25, -0.2) is 0 Å². The van der Waals surface area contributed by atoms with Crippen molar-refractivity contribution in [2.45, 2.75) is 19.1 Å². The average molecular weight is 214 g/mol. The summed E-state index contributed by atoms with van der Waals surface area (Å²) in [7, 11) is 0. The molecular weight excluding hydrogens is 198 g/mol. The zero-order valence-electron chi connectivity index (χ0n) is 8.27. The molecule has 0 aromatic heterocycles. The van der Waals surface area contributed by atoms with Gasteiger partial charge in [0, 0.05) is 13.1 Å². The molecule has 1 aliphatic heterocycles. The molecule has 14 heavy (non-hydrogen) atoms. The maximum atomic E-state index is 5.81. The Labute approximate surface area is 91.1 Å². The van der Waals surface area contributed by atoms with Crippen LogP contribution in [0.3, 0.4) is 0 Å². The summed E-state index contributed by atoms with van der Waals surface area (Å²) < 4.78 is 5.81. The topological polar surface area (TPSA) is 21.3 Å². The van der Waals surface area contributed by atoms with Crippen LogP contribution in [-0.2, 0) is 4.74 Å². The molecule has 2 unspecified atom stereocenters. The third-order valence-electron chi connectivity index (χ3n) is 2.33. The van der Waals surface area contributed by atoms with Crippen molar-refractivity contribution in [2.24, 2.45) is 0 Å². The molecule has 78 valence electrons. The molecule has 2 nitrogen and oxygen atoms in total. The van der Waals surface area contributed by atoms with Crippen molar-refractivity contribution in [3.8, 4) is 0 Å².